The van der Waals surface area contributed by atoms with E-state index in [2.05, 4.69) is 20.8 Å². The summed E-state index contributed by atoms with van der Waals surface area (Å²) in [5, 5.41) is 0. The molecule has 0 aromatic carbocycles. The van der Waals surface area contributed by atoms with Crippen molar-refractivity contribution in [3.8, 4) is 0 Å². The van der Waals surface area contributed by atoms with E-state index in [1.54, 1.807) is 0 Å². The number of halogens is 3. The molecule has 0 bridgehead atoms. The fraction of sp³-hybridized carbons (Fsp3) is 0.688. The largest absolute Gasteiger partial charge is 0.459 e. The Balaban J connectivity index is 2.70. The number of ether oxygens (including phenoxy) is 3. The zero-order chi connectivity index (χ0) is 19.1. The molecule has 1 fully saturated rings. The van der Waals surface area contributed by atoms with Gasteiger partial charge in [-0.3, -0.25) is 4.79 Å². The van der Waals surface area contributed by atoms with Gasteiger partial charge >= 0.3 is 24.1 Å². The number of hydrogen-bond donors (Lipinski definition) is 0. The average Bonchev–Trinajstić information content (AvgIpc) is 2.57. The second-order valence-electron chi connectivity index (χ2n) is 5.79. The molecule has 0 saturated heterocycles. The number of esters is 3. The normalized spacial score (nSPS) is 17.9. The number of alkyl halides is 3. The van der Waals surface area contributed by atoms with Crippen LogP contribution in [0.25, 0.3) is 0 Å². The summed E-state index contributed by atoms with van der Waals surface area (Å²) < 4.78 is 53.4. The molecule has 6 nitrogen and oxygen atoms in total. The van der Waals surface area contributed by atoms with Crippen LogP contribution in [0.15, 0.2) is 12.7 Å². The van der Waals surface area contributed by atoms with Crippen molar-refractivity contribution in [3.05, 3.63) is 12.7 Å². The maximum Gasteiger partial charge on any atom is 0.439 e. The molecule has 0 radical (unpaired) electrons. The summed E-state index contributed by atoms with van der Waals surface area (Å²) >= 11 is 0. The lowest BCUT2D eigenvalue weighted by molar-refractivity contribution is -0.267. The van der Waals surface area contributed by atoms with Gasteiger partial charge in [-0.25, -0.2) is 9.59 Å². The summed E-state index contributed by atoms with van der Waals surface area (Å²) in [5.74, 6) is -4.29. The van der Waals surface area contributed by atoms with Gasteiger partial charge in [-0.1, -0.05) is 25.8 Å². The lowest BCUT2D eigenvalue weighted by Crippen LogP contribution is -2.54. The highest BCUT2D eigenvalue weighted by Gasteiger charge is 2.62. The van der Waals surface area contributed by atoms with Crippen LogP contribution in [0.3, 0.4) is 0 Å². The molecule has 0 aromatic rings. The van der Waals surface area contributed by atoms with E-state index in [9.17, 15) is 27.6 Å². The number of rotatable bonds is 7. The van der Waals surface area contributed by atoms with Crippen LogP contribution >= 0.6 is 0 Å². The predicted molar refractivity (Wildman–Crippen MR) is 79.2 cm³/mol. The van der Waals surface area contributed by atoms with E-state index in [-0.39, 0.29) is 0 Å². The van der Waals surface area contributed by atoms with Crippen LogP contribution in [0, 0.1) is 5.92 Å². The molecule has 0 N–H and O–H groups in total. The van der Waals surface area contributed by atoms with Crippen molar-refractivity contribution in [1.82, 2.24) is 0 Å². The highest BCUT2D eigenvalue weighted by Crippen LogP contribution is 2.36. The van der Waals surface area contributed by atoms with Crippen LogP contribution in [0.2, 0.25) is 0 Å². The summed E-state index contributed by atoms with van der Waals surface area (Å²) in [6.45, 7) is 2.54. The van der Waals surface area contributed by atoms with Gasteiger partial charge in [0.1, 0.15) is 13.2 Å². The zero-order valence-corrected chi connectivity index (χ0v) is 13.9. The fourth-order valence-electron chi connectivity index (χ4n) is 2.31. The number of hydrogen-bond acceptors (Lipinski definition) is 6. The number of carbonyl (C=O) groups excluding carboxylic acids is 3. The molecule has 0 amide bonds. The third kappa shape index (κ3) is 5.75. The molecular weight excluding hydrogens is 345 g/mol. The van der Waals surface area contributed by atoms with Crippen LogP contribution < -0.4 is 0 Å². The molecule has 0 aliphatic heterocycles. The quantitative estimate of drug-likeness (QED) is 0.298. The van der Waals surface area contributed by atoms with E-state index in [0.29, 0.717) is 19.8 Å². The van der Waals surface area contributed by atoms with E-state index in [1.165, 1.54) is 0 Å². The van der Waals surface area contributed by atoms with Crippen molar-refractivity contribution in [2.75, 3.05) is 13.2 Å². The minimum atomic E-state index is -5.15. The summed E-state index contributed by atoms with van der Waals surface area (Å²) in [4.78, 5) is 34.7. The Morgan fingerprint density at radius 2 is 1.64 bits per heavy atom. The van der Waals surface area contributed by atoms with Gasteiger partial charge in [0.25, 0.3) is 5.60 Å². The molecule has 0 spiro atoms. The van der Waals surface area contributed by atoms with Crippen molar-refractivity contribution in [3.63, 3.8) is 0 Å². The smallest absolute Gasteiger partial charge is 0.439 e. The SMILES string of the molecule is C=CC(=O)OCCOC(=O)C(C)(OC(=O)C1CCCCC1)C(F)(F)F. The van der Waals surface area contributed by atoms with Crippen LogP contribution in [-0.2, 0) is 28.6 Å². The lowest BCUT2D eigenvalue weighted by atomic mass is 9.89. The van der Waals surface area contributed by atoms with Gasteiger partial charge in [-0.05, 0) is 19.8 Å². The molecule has 142 valence electrons. The molecule has 9 heteroatoms. The van der Waals surface area contributed by atoms with Gasteiger partial charge in [-0.2, -0.15) is 13.2 Å². The van der Waals surface area contributed by atoms with Crippen molar-refractivity contribution < 1.29 is 41.8 Å². The molecule has 1 unspecified atom stereocenters. The van der Waals surface area contributed by atoms with Gasteiger partial charge in [0.15, 0.2) is 0 Å². The molecule has 1 saturated carbocycles. The predicted octanol–water partition coefficient (Wildman–Crippen LogP) is 2.70. The topological polar surface area (TPSA) is 78.9 Å². The third-order valence-corrected chi connectivity index (χ3v) is 3.90. The minimum absolute atomic E-state index is 0.430. The van der Waals surface area contributed by atoms with Crippen molar-refractivity contribution in [1.29, 1.82) is 0 Å². The van der Waals surface area contributed by atoms with Crippen molar-refractivity contribution in [2.45, 2.75) is 50.8 Å². The first kappa shape index (κ1) is 21.0. The van der Waals surface area contributed by atoms with Crippen LogP contribution in [-0.4, -0.2) is 42.9 Å². The summed E-state index contributed by atoms with van der Waals surface area (Å²) in [6.07, 6.45) is -1.08. The van der Waals surface area contributed by atoms with E-state index in [1.807, 2.05) is 0 Å². The van der Waals surface area contributed by atoms with Gasteiger partial charge in [0.2, 0.25) is 0 Å². The Kier molecular flexibility index (Phi) is 7.44. The lowest BCUT2D eigenvalue weighted by Gasteiger charge is -2.31. The van der Waals surface area contributed by atoms with Gasteiger partial charge < -0.3 is 14.2 Å². The molecule has 0 aromatic heterocycles. The fourth-order valence-corrected chi connectivity index (χ4v) is 2.31. The van der Waals surface area contributed by atoms with E-state index in [0.717, 1.165) is 25.3 Å². The van der Waals surface area contributed by atoms with Crippen LogP contribution in [0.5, 0.6) is 0 Å². The Bertz CT molecular complexity index is 510. The van der Waals surface area contributed by atoms with E-state index >= 15 is 0 Å². The molecule has 1 aliphatic rings. The van der Waals surface area contributed by atoms with Crippen molar-refractivity contribution in [2.24, 2.45) is 5.92 Å². The van der Waals surface area contributed by atoms with E-state index < -0.39 is 48.8 Å². The minimum Gasteiger partial charge on any atom is -0.459 e. The van der Waals surface area contributed by atoms with Crippen LogP contribution in [0.1, 0.15) is 39.0 Å². The second kappa shape index (κ2) is 8.87. The molecule has 0 heterocycles. The van der Waals surface area contributed by atoms with Crippen LogP contribution in [0.4, 0.5) is 13.2 Å². The first-order valence-electron chi connectivity index (χ1n) is 7.88. The number of carbonyl (C=O) groups is 3. The summed E-state index contributed by atoms with van der Waals surface area (Å²) in [5.41, 5.74) is -3.41. The monoisotopic (exact) mass is 366 g/mol. The third-order valence-electron chi connectivity index (χ3n) is 3.90. The Hall–Kier alpha value is -2.06. The standard InChI is InChI=1S/C16H21F3O6/c1-3-12(20)23-9-10-24-14(22)15(2,16(17,18)19)25-13(21)11-7-5-4-6-8-11/h3,11H,1,4-10H2,2H3. The maximum atomic E-state index is 13.3. The molecule has 25 heavy (non-hydrogen) atoms. The van der Waals surface area contributed by atoms with Gasteiger partial charge in [-0.15, -0.1) is 0 Å². The second-order valence-corrected chi connectivity index (χ2v) is 5.79. The summed E-state index contributed by atoms with van der Waals surface area (Å²) in [7, 11) is 0. The highest BCUT2D eigenvalue weighted by molar-refractivity contribution is 5.85. The average molecular weight is 366 g/mol. The zero-order valence-electron chi connectivity index (χ0n) is 13.9. The Labute approximate surface area is 143 Å². The highest BCUT2D eigenvalue weighted by atomic mass is 19.4. The summed E-state index contributed by atoms with van der Waals surface area (Å²) in [6, 6.07) is 0. The Morgan fingerprint density at radius 1 is 1.08 bits per heavy atom. The van der Waals surface area contributed by atoms with Gasteiger partial charge in [0.05, 0.1) is 5.92 Å². The molecule has 1 aliphatic carbocycles. The molecule has 1 rings (SSSR count). The first-order chi connectivity index (χ1) is 11.6. The first-order valence-corrected chi connectivity index (χ1v) is 7.88. The van der Waals surface area contributed by atoms with Crippen molar-refractivity contribution >= 4 is 17.9 Å². The molecule has 1 atom stereocenters. The van der Waals surface area contributed by atoms with E-state index in [4.69, 9.17) is 0 Å². The molecular formula is C16H21F3O6. The Morgan fingerprint density at radius 3 is 2.16 bits per heavy atom. The van der Waals surface area contributed by atoms with Gasteiger partial charge in [0, 0.05) is 6.08 Å². The maximum absolute atomic E-state index is 13.3.